The van der Waals surface area contributed by atoms with Gasteiger partial charge in [0.25, 0.3) is 0 Å². The van der Waals surface area contributed by atoms with Crippen molar-refractivity contribution < 1.29 is 18.6 Å². The molecule has 0 aliphatic rings. The molecule has 0 aromatic heterocycles. The molecule has 0 unspecified atom stereocenters. The van der Waals surface area contributed by atoms with E-state index in [1.807, 2.05) is 0 Å². The summed E-state index contributed by atoms with van der Waals surface area (Å²) in [5.74, 6) is 0. The fourth-order valence-electron chi connectivity index (χ4n) is 1.80. The molecule has 7 heteroatoms. The van der Waals surface area contributed by atoms with Crippen LogP contribution in [0.3, 0.4) is 0 Å². The number of hydrogen-bond donors (Lipinski definition) is 4. The Labute approximate surface area is 119 Å². The number of benzene rings is 1. The molecule has 0 aliphatic heterocycles. The van der Waals surface area contributed by atoms with E-state index in [-0.39, 0.29) is 24.7 Å². The minimum Gasteiger partial charge on any atom is -0.394 e. The Balaban J connectivity index is 3.21. The smallest absolute Gasteiger partial charge is 0.242 e. The van der Waals surface area contributed by atoms with Crippen molar-refractivity contribution in [3.63, 3.8) is 0 Å². The second-order valence-electron chi connectivity index (χ2n) is 4.57. The van der Waals surface area contributed by atoms with Crippen molar-refractivity contribution in [2.24, 2.45) is 0 Å². The Morgan fingerprint density at radius 1 is 1.15 bits per heavy atom. The Bertz CT molecular complexity index is 519. The van der Waals surface area contributed by atoms with Crippen LogP contribution in [0.15, 0.2) is 29.2 Å². The number of aliphatic hydroxyl groups is 2. The second-order valence-corrected chi connectivity index (χ2v) is 6.31. The molecule has 0 amide bonds. The van der Waals surface area contributed by atoms with Crippen LogP contribution in [-0.4, -0.2) is 43.9 Å². The number of nitrogens with one attached hydrogen (secondary N) is 2. The van der Waals surface area contributed by atoms with E-state index in [1.165, 1.54) is 6.07 Å². The minimum atomic E-state index is -3.61. The fraction of sp³-hybridized carbons (Fsp3) is 0.538. The molecule has 0 aliphatic carbocycles. The first-order valence-corrected chi connectivity index (χ1v) is 8.01. The molecule has 1 aromatic carbocycles. The van der Waals surface area contributed by atoms with E-state index >= 15 is 0 Å². The van der Waals surface area contributed by atoms with Crippen molar-refractivity contribution in [1.29, 1.82) is 0 Å². The zero-order valence-electron chi connectivity index (χ0n) is 11.8. The third-order valence-corrected chi connectivity index (χ3v) is 4.80. The quantitative estimate of drug-likeness (QED) is 0.561. The van der Waals surface area contributed by atoms with Crippen molar-refractivity contribution in [3.05, 3.63) is 24.3 Å². The third kappa shape index (κ3) is 3.69. The molecule has 0 saturated heterocycles. The standard InChI is InChI=1S/C13H22N2O4S/c1-3-13(9-16,10-17)15-11-7-5-6-8-12(11)20(18,19)14-4-2/h5-8,14-17H,3-4,9-10H2,1-2H3. The summed E-state index contributed by atoms with van der Waals surface area (Å²) in [4.78, 5) is 0.0987. The van der Waals surface area contributed by atoms with Crippen LogP contribution in [0.5, 0.6) is 0 Å². The van der Waals surface area contributed by atoms with E-state index in [1.54, 1.807) is 32.0 Å². The Kier molecular flexibility index (Phi) is 5.94. The predicted octanol–water partition coefficient (Wildman–Crippen LogP) is 0.530. The Morgan fingerprint density at radius 2 is 1.75 bits per heavy atom. The average Bonchev–Trinajstić information content (AvgIpc) is 2.45. The van der Waals surface area contributed by atoms with E-state index in [0.717, 1.165) is 0 Å². The zero-order valence-corrected chi connectivity index (χ0v) is 12.6. The van der Waals surface area contributed by atoms with Gasteiger partial charge in [-0.2, -0.15) is 0 Å². The van der Waals surface area contributed by atoms with Crippen LogP contribution in [0.4, 0.5) is 5.69 Å². The van der Waals surface area contributed by atoms with Crippen molar-refractivity contribution in [3.8, 4) is 0 Å². The second kappa shape index (κ2) is 7.03. The minimum absolute atomic E-state index is 0.0987. The molecule has 0 fully saturated rings. The lowest BCUT2D eigenvalue weighted by atomic mass is 9.98. The summed E-state index contributed by atoms with van der Waals surface area (Å²) in [5.41, 5.74) is -0.587. The van der Waals surface area contributed by atoms with Gasteiger partial charge in [-0.1, -0.05) is 26.0 Å². The maximum Gasteiger partial charge on any atom is 0.242 e. The molecule has 0 atom stereocenters. The highest BCUT2D eigenvalue weighted by Gasteiger charge is 2.28. The third-order valence-electron chi connectivity index (χ3n) is 3.19. The number of anilines is 1. The summed E-state index contributed by atoms with van der Waals surface area (Å²) in [5, 5.41) is 21.9. The lowest BCUT2D eigenvalue weighted by molar-refractivity contribution is 0.132. The van der Waals surface area contributed by atoms with Gasteiger partial charge in [-0.15, -0.1) is 0 Å². The molecule has 20 heavy (non-hydrogen) atoms. The maximum atomic E-state index is 12.1. The van der Waals surface area contributed by atoms with Crippen molar-refractivity contribution >= 4 is 15.7 Å². The first-order valence-electron chi connectivity index (χ1n) is 6.53. The van der Waals surface area contributed by atoms with Gasteiger partial charge in [0.1, 0.15) is 4.90 Å². The van der Waals surface area contributed by atoms with Crippen LogP contribution in [0.2, 0.25) is 0 Å². The van der Waals surface area contributed by atoms with Gasteiger partial charge in [-0.25, -0.2) is 13.1 Å². The lowest BCUT2D eigenvalue weighted by Gasteiger charge is -2.31. The number of sulfonamides is 1. The Morgan fingerprint density at radius 3 is 2.25 bits per heavy atom. The number of aliphatic hydroxyl groups excluding tert-OH is 2. The lowest BCUT2D eigenvalue weighted by Crippen LogP contribution is -2.45. The van der Waals surface area contributed by atoms with E-state index in [9.17, 15) is 18.6 Å². The van der Waals surface area contributed by atoms with Gasteiger partial charge < -0.3 is 15.5 Å². The normalized spacial score (nSPS) is 12.4. The van der Waals surface area contributed by atoms with Gasteiger partial charge in [0.05, 0.1) is 24.4 Å². The van der Waals surface area contributed by atoms with Gasteiger partial charge in [0.15, 0.2) is 0 Å². The van der Waals surface area contributed by atoms with Crippen molar-refractivity contribution in [2.45, 2.75) is 30.7 Å². The van der Waals surface area contributed by atoms with E-state index in [4.69, 9.17) is 0 Å². The van der Waals surface area contributed by atoms with Crippen LogP contribution in [-0.2, 0) is 10.0 Å². The van der Waals surface area contributed by atoms with Crippen LogP contribution in [0, 0.1) is 0 Å². The van der Waals surface area contributed by atoms with Gasteiger partial charge in [0.2, 0.25) is 10.0 Å². The SMILES string of the molecule is CCNS(=O)(=O)c1ccccc1NC(CC)(CO)CO. The first-order chi connectivity index (χ1) is 9.44. The van der Waals surface area contributed by atoms with Crippen LogP contribution in [0.25, 0.3) is 0 Å². The number of hydrogen-bond acceptors (Lipinski definition) is 5. The summed E-state index contributed by atoms with van der Waals surface area (Å²) < 4.78 is 26.7. The molecule has 1 rings (SSSR count). The highest BCUT2D eigenvalue weighted by molar-refractivity contribution is 7.89. The maximum absolute atomic E-state index is 12.1. The topological polar surface area (TPSA) is 98.7 Å². The molecule has 0 bridgehead atoms. The molecule has 1 aromatic rings. The first kappa shape index (κ1) is 16.9. The molecular weight excluding hydrogens is 280 g/mol. The van der Waals surface area contributed by atoms with Gasteiger partial charge >= 0.3 is 0 Å². The van der Waals surface area contributed by atoms with E-state index < -0.39 is 15.6 Å². The molecule has 0 saturated carbocycles. The highest BCUT2D eigenvalue weighted by Crippen LogP contribution is 2.25. The molecule has 0 radical (unpaired) electrons. The molecule has 0 heterocycles. The summed E-state index contributed by atoms with van der Waals surface area (Å²) in [6.45, 7) is 3.20. The molecule has 0 spiro atoms. The van der Waals surface area contributed by atoms with Crippen molar-refractivity contribution in [1.82, 2.24) is 4.72 Å². The van der Waals surface area contributed by atoms with Crippen LogP contribution < -0.4 is 10.0 Å². The largest absolute Gasteiger partial charge is 0.394 e. The molecule has 6 nitrogen and oxygen atoms in total. The van der Waals surface area contributed by atoms with E-state index in [0.29, 0.717) is 12.1 Å². The summed E-state index contributed by atoms with van der Waals surface area (Å²) >= 11 is 0. The predicted molar refractivity (Wildman–Crippen MR) is 78.1 cm³/mol. The summed E-state index contributed by atoms with van der Waals surface area (Å²) in [7, 11) is -3.61. The van der Waals surface area contributed by atoms with Gasteiger partial charge in [0, 0.05) is 6.54 Å². The van der Waals surface area contributed by atoms with Crippen molar-refractivity contribution in [2.75, 3.05) is 25.1 Å². The van der Waals surface area contributed by atoms with Crippen LogP contribution in [0.1, 0.15) is 20.3 Å². The van der Waals surface area contributed by atoms with Crippen LogP contribution >= 0.6 is 0 Å². The number of para-hydroxylation sites is 1. The average molecular weight is 302 g/mol. The summed E-state index contributed by atoms with van der Waals surface area (Å²) in [6, 6.07) is 6.42. The summed E-state index contributed by atoms with van der Waals surface area (Å²) in [6.07, 6.45) is 0.454. The Hall–Kier alpha value is -1.15. The van der Waals surface area contributed by atoms with Gasteiger partial charge in [-0.3, -0.25) is 0 Å². The highest BCUT2D eigenvalue weighted by atomic mass is 32.2. The number of rotatable bonds is 8. The zero-order chi connectivity index (χ0) is 15.2. The molecule has 114 valence electrons. The fourth-order valence-corrected chi connectivity index (χ4v) is 3.00. The molecule has 4 N–H and O–H groups in total. The molecular formula is C13H22N2O4S. The van der Waals surface area contributed by atoms with Gasteiger partial charge in [-0.05, 0) is 18.6 Å². The monoisotopic (exact) mass is 302 g/mol. The van der Waals surface area contributed by atoms with E-state index in [2.05, 4.69) is 10.0 Å².